The molecule has 112 valence electrons. The first-order valence-corrected chi connectivity index (χ1v) is 7.31. The lowest BCUT2D eigenvalue weighted by atomic mass is 9.82. The van der Waals surface area contributed by atoms with Crippen LogP contribution in [0.15, 0.2) is 0 Å². The molecule has 2 unspecified atom stereocenters. The molecule has 0 aromatic carbocycles. The van der Waals surface area contributed by atoms with Crippen LogP contribution in [0.4, 0.5) is 5.95 Å². The summed E-state index contributed by atoms with van der Waals surface area (Å²) in [6, 6.07) is 0.627. The van der Waals surface area contributed by atoms with Crippen LogP contribution in [-0.2, 0) is 0 Å². The fraction of sp³-hybridized carbons (Fsp3) is 0.786. The number of rotatable bonds is 5. The van der Waals surface area contributed by atoms with E-state index in [1.54, 1.807) is 7.11 Å². The topological polar surface area (TPSA) is 69.2 Å². The zero-order chi connectivity index (χ0) is 14.5. The highest BCUT2D eigenvalue weighted by Gasteiger charge is 2.26. The smallest absolute Gasteiger partial charge is 0.324 e. The van der Waals surface area contributed by atoms with Crippen molar-refractivity contribution in [1.29, 1.82) is 0 Å². The van der Waals surface area contributed by atoms with Gasteiger partial charge in [-0.3, -0.25) is 0 Å². The summed E-state index contributed by atoms with van der Waals surface area (Å²) in [7, 11) is 1.54. The van der Waals surface area contributed by atoms with Crippen molar-refractivity contribution in [2.45, 2.75) is 46.1 Å². The average Bonchev–Trinajstić information content (AvgIpc) is 2.37. The number of nitrogens with one attached hydrogen (secondary N) is 1. The Morgan fingerprint density at radius 2 is 1.70 bits per heavy atom. The third-order valence-electron chi connectivity index (χ3n) is 3.52. The van der Waals surface area contributed by atoms with E-state index in [0.29, 0.717) is 23.8 Å². The first-order valence-electron chi connectivity index (χ1n) is 7.31. The Bertz CT molecular complexity index is 431. The molecular formula is C14H24N4O2. The fourth-order valence-electron chi connectivity index (χ4n) is 2.84. The van der Waals surface area contributed by atoms with Crippen LogP contribution in [0.2, 0.25) is 0 Å². The van der Waals surface area contributed by atoms with E-state index < -0.39 is 0 Å². The summed E-state index contributed by atoms with van der Waals surface area (Å²) in [6.45, 7) is 7.26. The predicted octanol–water partition coefficient (Wildman–Crippen LogP) is 2.52. The number of hydrogen-bond acceptors (Lipinski definition) is 6. The summed E-state index contributed by atoms with van der Waals surface area (Å²) in [5.41, 5.74) is 0. The summed E-state index contributed by atoms with van der Waals surface area (Å²) in [6.07, 6.45) is 3.54. The van der Waals surface area contributed by atoms with Crippen LogP contribution in [0.3, 0.4) is 0 Å². The first-order chi connectivity index (χ1) is 9.60. The summed E-state index contributed by atoms with van der Waals surface area (Å²) in [5.74, 6) is 1.85. The highest BCUT2D eigenvalue weighted by molar-refractivity contribution is 5.27. The second-order valence-electron chi connectivity index (χ2n) is 5.62. The molecule has 20 heavy (non-hydrogen) atoms. The highest BCUT2D eigenvalue weighted by Crippen LogP contribution is 2.30. The maximum Gasteiger partial charge on any atom is 0.324 e. The predicted molar refractivity (Wildman–Crippen MR) is 77.1 cm³/mol. The summed E-state index contributed by atoms with van der Waals surface area (Å²) in [4.78, 5) is 12.6. The Morgan fingerprint density at radius 3 is 2.30 bits per heavy atom. The van der Waals surface area contributed by atoms with Crippen molar-refractivity contribution in [2.24, 2.45) is 11.8 Å². The zero-order valence-corrected chi connectivity index (χ0v) is 12.7. The molecule has 0 spiro atoms. The number of nitrogens with zero attached hydrogens (tertiary/aromatic N) is 3. The number of ether oxygens (including phenoxy) is 2. The van der Waals surface area contributed by atoms with E-state index in [9.17, 15) is 0 Å². The van der Waals surface area contributed by atoms with Crippen molar-refractivity contribution in [3.63, 3.8) is 0 Å². The third kappa shape index (κ3) is 3.95. The molecule has 1 aliphatic rings. The lowest BCUT2D eigenvalue weighted by Gasteiger charge is -2.30. The Hall–Kier alpha value is -1.59. The van der Waals surface area contributed by atoms with Gasteiger partial charge in [0.2, 0.25) is 5.95 Å². The van der Waals surface area contributed by atoms with E-state index in [0.717, 1.165) is 19.4 Å². The van der Waals surface area contributed by atoms with Crippen molar-refractivity contribution in [1.82, 2.24) is 15.0 Å². The molecule has 1 aromatic heterocycles. The molecule has 0 bridgehead atoms. The molecule has 1 aliphatic carbocycles. The van der Waals surface area contributed by atoms with E-state index in [4.69, 9.17) is 9.47 Å². The molecule has 0 radical (unpaired) electrons. The van der Waals surface area contributed by atoms with Crippen molar-refractivity contribution in [3.8, 4) is 12.0 Å². The Morgan fingerprint density at radius 1 is 1.05 bits per heavy atom. The van der Waals surface area contributed by atoms with Gasteiger partial charge in [-0.1, -0.05) is 13.8 Å². The lowest BCUT2D eigenvalue weighted by Crippen LogP contribution is -2.29. The Kier molecular flexibility index (Phi) is 4.98. The monoisotopic (exact) mass is 280 g/mol. The maximum absolute atomic E-state index is 5.94. The molecule has 0 saturated heterocycles. The van der Waals surface area contributed by atoms with Gasteiger partial charge in [0.25, 0.3) is 0 Å². The van der Waals surface area contributed by atoms with Crippen molar-refractivity contribution in [2.75, 3.05) is 19.0 Å². The summed E-state index contributed by atoms with van der Waals surface area (Å²) >= 11 is 0. The van der Waals surface area contributed by atoms with E-state index in [1.165, 1.54) is 6.42 Å². The van der Waals surface area contributed by atoms with Crippen molar-refractivity contribution >= 4 is 5.95 Å². The SMILES string of the molecule is CCNc1nc(OC)nc(OC2CC(C)CC(C)C2)n1. The van der Waals surface area contributed by atoms with Crippen LogP contribution < -0.4 is 14.8 Å². The van der Waals surface area contributed by atoms with Gasteiger partial charge in [-0.2, -0.15) is 9.97 Å². The molecule has 6 nitrogen and oxygen atoms in total. The fourth-order valence-corrected chi connectivity index (χ4v) is 2.84. The van der Waals surface area contributed by atoms with Gasteiger partial charge < -0.3 is 14.8 Å². The van der Waals surface area contributed by atoms with Gasteiger partial charge in [-0.05, 0) is 38.0 Å². The van der Waals surface area contributed by atoms with Crippen LogP contribution in [-0.4, -0.2) is 34.7 Å². The average molecular weight is 280 g/mol. The normalized spacial score (nSPS) is 26.1. The number of aromatic nitrogens is 3. The van der Waals surface area contributed by atoms with Gasteiger partial charge in [0.05, 0.1) is 7.11 Å². The van der Waals surface area contributed by atoms with Crippen LogP contribution in [0, 0.1) is 11.8 Å². The minimum atomic E-state index is 0.176. The molecule has 6 heteroatoms. The molecule has 2 rings (SSSR count). The van der Waals surface area contributed by atoms with E-state index in [1.807, 2.05) is 6.92 Å². The second kappa shape index (κ2) is 6.72. The van der Waals surface area contributed by atoms with Crippen molar-refractivity contribution < 1.29 is 9.47 Å². The first kappa shape index (κ1) is 14.8. The Labute approximate surface area is 120 Å². The van der Waals surface area contributed by atoms with Gasteiger partial charge in [0.1, 0.15) is 6.10 Å². The zero-order valence-electron chi connectivity index (χ0n) is 12.7. The van der Waals surface area contributed by atoms with Gasteiger partial charge >= 0.3 is 12.0 Å². The van der Waals surface area contributed by atoms with Gasteiger partial charge in [-0.25, -0.2) is 0 Å². The summed E-state index contributed by atoms with van der Waals surface area (Å²) < 4.78 is 11.0. The number of methoxy groups -OCH3 is 1. The molecule has 1 heterocycles. The quantitative estimate of drug-likeness (QED) is 0.893. The number of hydrogen-bond donors (Lipinski definition) is 1. The van der Waals surface area contributed by atoms with Crippen LogP contribution >= 0.6 is 0 Å². The van der Waals surface area contributed by atoms with Gasteiger partial charge in [-0.15, -0.1) is 4.98 Å². The minimum Gasteiger partial charge on any atom is -0.467 e. The summed E-state index contributed by atoms with van der Waals surface area (Å²) in [5, 5.41) is 3.06. The van der Waals surface area contributed by atoms with Crippen LogP contribution in [0.1, 0.15) is 40.0 Å². The van der Waals surface area contributed by atoms with E-state index in [-0.39, 0.29) is 12.1 Å². The molecule has 0 aliphatic heterocycles. The van der Waals surface area contributed by atoms with Gasteiger partial charge in [0.15, 0.2) is 0 Å². The third-order valence-corrected chi connectivity index (χ3v) is 3.52. The molecule has 1 aromatic rings. The molecule has 0 amide bonds. The minimum absolute atomic E-state index is 0.176. The Balaban J connectivity index is 2.09. The molecule has 1 saturated carbocycles. The molecular weight excluding hydrogens is 256 g/mol. The van der Waals surface area contributed by atoms with Crippen LogP contribution in [0.5, 0.6) is 12.0 Å². The number of anilines is 1. The van der Waals surface area contributed by atoms with E-state index in [2.05, 4.69) is 34.1 Å². The lowest BCUT2D eigenvalue weighted by molar-refractivity contribution is 0.0910. The molecule has 1 fully saturated rings. The maximum atomic E-state index is 5.94. The van der Waals surface area contributed by atoms with E-state index >= 15 is 0 Å². The second-order valence-corrected chi connectivity index (χ2v) is 5.62. The van der Waals surface area contributed by atoms with Crippen LogP contribution in [0.25, 0.3) is 0 Å². The molecule has 2 atom stereocenters. The standard InChI is InChI=1S/C14H24N4O2/c1-5-15-12-16-13(19-4)18-14(17-12)20-11-7-9(2)6-10(3)8-11/h9-11H,5-8H2,1-4H3,(H,15,16,17,18). The highest BCUT2D eigenvalue weighted by atomic mass is 16.5. The largest absolute Gasteiger partial charge is 0.467 e. The van der Waals surface area contributed by atoms with Crippen molar-refractivity contribution in [3.05, 3.63) is 0 Å². The van der Waals surface area contributed by atoms with Gasteiger partial charge in [0, 0.05) is 6.54 Å². The molecule has 1 N–H and O–H groups in total.